The zero-order chi connectivity index (χ0) is 14.1. The van der Waals surface area contributed by atoms with Crippen LogP contribution >= 0.6 is 12.6 Å². The molecular weight excluding hydrogens is 254 g/mol. The molecule has 0 spiro atoms. The second-order valence-electron chi connectivity index (χ2n) is 6.25. The lowest BCUT2D eigenvalue weighted by molar-refractivity contribution is -0.127. The van der Waals surface area contributed by atoms with Crippen LogP contribution in [0.4, 0.5) is 0 Å². The van der Waals surface area contributed by atoms with Gasteiger partial charge >= 0.3 is 0 Å². The molecule has 1 atom stereocenters. The minimum absolute atomic E-state index is 0.382. The van der Waals surface area contributed by atoms with Gasteiger partial charge in [0, 0.05) is 19.5 Å². The molecule has 1 saturated heterocycles. The van der Waals surface area contributed by atoms with E-state index in [0.717, 1.165) is 25.3 Å². The van der Waals surface area contributed by atoms with Crippen molar-refractivity contribution in [3.05, 3.63) is 0 Å². The van der Waals surface area contributed by atoms with Crippen LogP contribution in [0.1, 0.15) is 65.2 Å². The molecule has 1 amide bonds. The number of rotatable bonds is 10. The SMILES string of the molecule is CC(C)C1CC(=O)N(CCCCCCCCCS)C1. The molecule has 1 fully saturated rings. The molecule has 1 aliphatic rings. The van der Waals surface area contributed by atoms with E-state index < -0.39 is 0 Å². The van der Waals surface area contributed by atoms with E-state index >= 15 is 0 Å². The minimum Gasteiger partial charge on any atom is -0.342 e. The van der Waals surface area contributed by atoms with Gasteiger partial charge in [-0.25, -0.2) is 0 Å². The molecule has 0 N–H and O–H groups in total. The Morgan fingerprint density at radius 2 is 1.68 bits per heavy atom. The van der Waals surface area contributed by atoms with Gasteiger partial charge in [0.25, 0.3) is 0 Å². The van der Waals surface area contributed by atoms with Gasteiger partial charge in [0.15, 0.2) is 0 Å². The Balaban J connectivity index is 1.99. The van der Waals surface area contributed by atoms with E-state index in [1.54, 1.807) is 0 Å². The maximum atomic E-state index is 11.8. The number of likely N-dealkylation sites (tertiary alicyclic amines) is 1. The standard InChI is InChI=1S/C16H31NOS/c1-14(2)15-12-16(18)17(13-15)10-8-6-4-3-5-7-9-11-19/h14-15,19H,3-13H2,1-2H3. The summed E-state index contributed by atoms with van der Waals surface area (Å²) in [7, 11) is 0. The topological polar surface area (TPSA) is 20.3 Å². The number of unbranched alkanes of at least 4 members (excludes halogenated alkanes) is 6. The molecule has 0 radical (unpaired) electrons. The van der Waals surface area contributed by atoms with Gasteiger partial charge in [-0.2, -0.15) is 12.6 Å². The Hall–Kier alpha value is -0.180. The second-order valence-corrected chi connectivity index (χ2v) is 6.69. The van der Waals surface area contributed by atoms with Crippen LogP contribution in [-0.2, 0) is 4.79 Å². The Bertz CT molecular complexity index is 255. The first-order valence-electron chi connectivity index (χ1n) is 8.03. The first-order chi connectivity index (χ1) is 9.15. The van der Waals surface area contributed by atoms with Gasteiger partial charge in [-0.05, 0) is 30.4 Å². The minimum atomic E-state index is 0.382. The molecule has 0 bridgehead atoms. The molecule has 1 heterocycles. The van der Waals surface area contributed by atoms with Crippen LogP contribution in [0.2, 0.25) is 0 Å². The first-order valence-corrected chi connectivity index (χ1v) is 8.67. The molecule has 19 heavy (non-hydrogen) atoms. The van der Waals surface area contributed by atoms with Crippen LogP contribution in [-0.4, -0.2) is 29.6 Å². The summed E-state index contributed by atoms with van der Waals surface area (Å²) in [5, 5.41) is 0. The second kappa shape index (κ2) is 9.68. The lowest BCUT2D eigenvalue weighted by Crippen LogP contribution is -2.26. The van der Waals surface area contributed by atoms with E-state index in [4.69, 9.17) is 0 Å². The summed E-state index contributed by atoms with van der Waals surface area (Å²) in [6.07, 6.45) is 9.82. The van der Waals surface area contributed by atoms with Crippen molar-refractivity contribution in [1.82, 2.24) is 4.90 Å². The Kier molecular flexibility index (Phi) is 8.60. The van der Waals surface area contributed by atoms with Crippen LogP contribution in [0.3, 0.4) is 0 Å². The number of amides is 1. The maximum Gasteiger partial charge on any atom is 0.222 e. The zero-order valence-corrected chi connectivity index (χ0v) is 13.6. The molecule has 3 heteroatoms. The first kappa shape index (κ1) is 16.9. The van der Waals surface area contributed by atoms with Crippen molar-refractivity contribution in [2.24, 2.45) is 11.8 Å². The molecule has 0 aromatic heterocycles. The van der Waals surface area contributed by atoms with Crippen LogP contribution in [0, 0.1) is 11.8 Å². The lowest BCUT2D eigenvalue weighted by atomic mass is 9.95. The zero-order valence-electron chi connectivity index (χ0n) is 12.7. The lowest BCUT2D eigenvalue weighted by Gasteiger charge is -2.17. The maximum absolute atomic E-state index is 11.8. The van der Waals surface area contributed by atoms with E-state index in [1.165, 1.54) is 44.9 Å². The predicted octanol–water partition coefficient (Wildman–Crippen LogP) is 4.15. The third-order valence-electron chi connectivity index (χ3n) is 4.27. The van der Waals surface area contributed by atoms with Crippen LogP contribution in [0.25, 0.3) is 0 Å². The van der Waals surface area contributed by atoms with Crippen molar-refractivity contribution >= 4 is 18.5 Å². The van der Waals surface area contributed by atoms with E-state index in [1.807, 2.05) is 0 Å². The quantitative estimate of drug-likeness (QED) is 0.472. The number of hydrogen-bond acceptors (Lipinski definition) is 2. The van der Waals surface area contributed by atoms with Gasteiger partial charge < -0.3 is 4.90 Å². The summed E-state index contributed by atoms with van der Waals surface area (Å²) in [6.45, 7) is 6.44. The molecular formula is C16H31NOS. The Morgan fingerprint density at radius 3 is 2.21 bits per heavy atom. The van der Waals surface area contributed by atoms with Gasteiger partial charge in [-0.15, -0.1) is 0 Å². The highest BCUT2D eigenvalue weighted by molar-refractivity contribution is 7.80. The fourth-order valence-electron chi connectivity index (χ4n) is 2.76. The average molecular weight is 285 g/mol. The third kappa shape index (κ3) is 6.69. The van der Waals surface area contributed by atoms with Crippen molar-refractivity contribution in [1.29, 1.82) is 0 Å². The van der Waals surface area contributed by atoms with Crippen molar-refractivity contribution in [3.8, 4) is 0 Å². The van der Waals surface area contributed by atoms with Crippen molar-refractivity contribution in [2.75, 3.05) is 18.8 Å². The van der Waals surface area contributed by atoms with E-state index in [-0.39, 0.29) is 0 Å². The molecule has 1 aliphatic heterocycles. The summed E-state index contributed by atoms with van der Waals surface area (Å²) in [5.41, 5.74) is 0. The molecule has 112 valence electrons. The smallest absolute Gasteiger partial charge is 0.222 e. The molecule has 1 unspecified atom stereocenters. The van der Waals surface area contributed by atoms with Gasteiger partial charge in [-0.1, -0.05) is 46.0 Å². The van der Waals surface area contributed by atoms with E-state index in [2.05, 4.69) is 31.4 Å². The molecule has 2 nitrogen and oxygen atoms in total. The highest BCUT2D eigenvalue weighted by Crippen LogP contribution is 2.25. The average Bonchev–Trinajstić information content (AvgIpc) is 2.74. The molecule has 0 aliphatic carbocycles. The normalized spacial score (nSPS) is 19.7. The van der Waals surface area contributed by atoms with Gasteiger partial charge in [0.2, 0.25) is 5.91 Å². The fourth-order valence-corrected chi connectivity index (χ4v) is 2.99. The Morgan fingerprint density at radius 1 is 1.11 bits per heavy atom. The number of carbonyl (C=O) groups is 1. The number of hydrogen-bond donors (Lipinski definition) is 1. The highest BCUT2D eigenvalue weighted by atomic mass is 32.1. The third-order valence-corrected chi connectivity index (χ3v) is 4.59. The summed E-state index contributed by atoms with van der Waals surface area (Å²) >= 11 is 4.22. The summed E-state index contributed by atoms with van der Waals surface area (Å²) in [4.78, 5) is 13.9. The summed E-state index contributed by atoms with van der Waals surface area (Å²) in [6, 6.07) is 0. The summed E-state index contributed by atoms with van der Waals surface area (Å²) in [5.74, 6) is 2.63. The van der Waals surface area contributed by atoms with Gasteiger partial charge in [0.1, 0.15) is 0 Å². The largest absolute Gasteiger partial charge is 0.342 e. The fraction of sp³-hybridized carbons (Fsp3) is 0.938. The number of thiol groups is 1. The van der Waals surface area contributed by atoms with Crippen molar-refractivity contribution < 1.29 is 4.79 Å². The number of nitrogens with zero attached hydrogens (tertiary/aromatic N) is 1. The molecule has 0 aromatic rings. The molecule has 1 rings (SSSR count). The van der Waals surface area contributed by atoms with Crippen LogP contribution < -0.4 is 0 Å². The van der Waals surface area contributed by atoms with Crippen molar-refractivity contribution in [2.45, 2.75) is 65.2 Å². The van der Waals surface area contributed by atoms with E-state index in [0.29, 0.717) is 17.7 Å². The highest BCUT2D eigenvalue weighted by Gasteiger charge is 2.30. The molecule has 0 saturated carbocycles. The monoisotopic (exact) mass is 285 g/mol. The van der Waals surface area contributed by atoms with Crippen molar-refractivity contribution in [3.63, 3.8) is 0 Å². The predicted molar refractivity (Wildman–Crippen MR) is 85.7 cm³/mol. The van der Waals surface area contributed by atoms with E-state index in [9.17, 15) is 4.79 Å². The molecule has 0 aromatic carbocycles. The van der Waals surface area contributed by atoms with Gasteiger partial charge in [-0.3, -0.25) is 4.79 Å². The van der Waals surface area contributed by atoms with Gasteiger partial charge in [0.05, 0.1) is 0 Å². The van der Waals surface area contributed by atoms with Crippen LogP contribution in [0.5, 0.6) is 0 Å². The Labute approximate surface area is 124 Å². The van der Waals surface area contributed by atoms with Crippen LogP contribution in [0.15, 0.2) is 0 Å². The number of carbonyl (C=O) groups excluding carboxylic acids is 1. The summed E-state index contributed by atoms with van der Waals surface area (Å²) < 4.78 is 0.